The molecule has 1 aromatic heterocycles. The Morgan fingerprint density at radius 3 is 2.33 bits per heavy atom. The lowest BCUT2D eigenvalue weighted by molar-refractivity contribution is 0.488. The van der Waals surface area contributed by atoms with Gasteiger partial charge >= 0.3 is 0 Å². The number of hydrogen-bond donors (Lipinski definition) is 1. The van der Waals surface area contributed by atoms with Gasteiger partial charge in [-0.1, -0.05) is 6.07 Å². The SMILES string of the molecule is CNC(Cc1ccn(C(C)C)n1)Cc1c(F)cccc1F. The maximum atomic E-state index is 13.7. The van der Waals surface area contributed by atoms with E-state index in [0.29, 0.717) is 18.9 Å². The topological polar surface area (TPSA) is 29.9 Å². The van der Waals surface area contributed by atoms with Crippen molar-refractivity contribution < 1.29 is 8.78 Å². The third kappa shape index (κ3) is 3.88. The van der Waals surface area contributed by atoms with E-state index in [9.17, 15) is 8.78 Å². The first-order chi connectivity index (χ1) is 10.0. The molecule has 5 heteroatoms. The van der Waals surface area contributed by atoms with E-state index >= 15 is 0 Å². The quantitative estimate of drug-likeness (QED) is 0.887. The second-order valence-corrected chi connectivity index (χ2v) is 5.47. The first-order valence-corrected chi connectivity index (χ1v) is 7.15. The van der Waals surface area contributed by atoms with Crippen LogP contribution in [0.4, 0.5) is 8.78 Å². The number of rotatable bonds is 6. The van der Waals surface area contributed by atoms with Crippen LogP contribution in [-0.4, -0.2) is 22.9 Å². The van der Waals surface area contributed by atoms with Gasteiger partial charge in [-0.3, -0.25) is 4.68 Å². The number of benzene rings is 1. The summed E-state index contributed by atoms with van der Waals surface area (Å²) >= 11 is 0. The van der Waals surface area contributed by atoms with Crippen molar-refractivity contribution in [2.75, 3.05) is 7.05 Å². The van der Waals surface area contributed by atoms with E-state index in [2.05, 4.69) is 24.3 Å². The molecule has 0 aliphatic rings. The zero-order chi connectivity index (χ0) is 15.4. The van der Waals surface area contributed by atoms with Crippen LogP contribution < -0.4 is 5.32 Å². The van der Waals surface area contributed by atoms with E-state index in [1.807, 2.05) is 16.9 Å². The number of likely N-dealkylation sites (N-methyl/N-ethyl adjacent to an activating group) is 1. The van der Waals surface area contributed by atoms with Crippen LogP contribution in [0.1, 0.15) is 31.1 Å². The van der Waals surface area contributed by atoms with Crippen LogP contribution in [0.2, 0.25) is 0 Å². The first kappa shape index (κ1) is 15.6. The number of nitrogens with one attached hydrogen (secondary N) is 1. The fourth-order valence-electron chi connectivity index (χ4n) is 2.28. The lowest BCUT2D eigenvalue weighted by Crippen LogP contribution is -2.31. The third-order valence-electron chi connectivity index (χ3n) is 3.57. The van der Waals surface area contributed by atoms with Gasteiger partial charge in [-0.2, -0.15) is 5.10 Å². The number of hydrogen-bond acceptors (Lipinski definition) is 2. The van der Waals surface area contributed by atoms with Crippen molar-refractivity contribution >= 4 is 0 Å². The molecule has 0 aliphatic carbocycles. The standard InChI is InChI=1S/C16H21F2N3/c1-11(2)21-8-7-12(20-21)9-13(19-3)10-14-15(17)5-4-6-16(14)18/h4-8,11,13,19H,9-10H2,1-3H3. The first-order valence-electron chi connectivity index (χ1n) is 7.15. The Bertz CT molecular complexity index is 573. The summed E-state index contributed by atoms with van der Waals surface area (Å²) in [6.45, 7) is 4.11. The highest BCUT2D eigenvalue weighted by molar-refractivity contribution is 5.21. The molecule has 21 heavy (non-hydrogen) atoms. The van der Waals surface area contributed by atoms with E-state index in [-0.39, 0.29) is 11.6 Å². The van der Waals surface area contributed by atoms with Gasteiger partial charge in [0.2, 0.25) is 0 Å². The van der Waals surface area contributed by atoms with Crippen molar-refractivity contribution in [1.29, 1.82) is 0 Å². The molecular formula is C16H21F2N3. The van der Waals surface area contributed by atoms with E-state index in [0.717, 1.165) is 5.69 Å². The average molecular weight is 293 g/mol. The van der Waals surface area contributed by atoms with Gasteiger partial charge in [0.25, 0.3) is 0 Å². The monoisotopic (exact) mass is 293 g/mol. The molecule has 1 heterocycles. The highest BCUT2D eigenvalue weighted by atomic mass is 19.1. The van der Waals surface area contributed by atoms with Crippen molar-refractivity contribution in [1.82, 2.24) is 15.1 Å². The van der Waals surface area contributed by atoms with Gasteiger partial charge in [0, 0.05) is 30.3 Å². The zero-order valence-electron chi connectivity index (χ0n) is 12.6. The Balaban J connectivity index is 2.09. The van der Waals surface area contributed by atoms with E-state index in [1.54, 1.807) is 7.05 Å². The molecule has 0 spiro atoms. The fourth-order valence-corrected chi connectivity index (χ4v) is 2.28. The number of nitrogens with zero attached hydrogens (tertiary/aromatic N) is 2. The summed E-state index contributed by atoms with van der Waals surface area (Å²) < 4.78 is 29.3. The minimum absolute atomic E-state index is 0.0630. The number of halogens is 2. The van der Waals surface area contributed by atoms with Crippen LogP contribution in [-0.2, 0) is 12.8 Å². The lowest BCUT2D eigenvalue weighted by atomic mass is 10.0. The van der Waals surface area contributed by atoms with Crippen LogP contribution in [0.25, 0.3) is 0 Å². The molecule has 1 unspecified atom stereocenters. The lowest BCUT2D eigenvalue weighted by Gasteiger charge is -2.16. The average Bonchev–Trinajstić information content (AvgIpc) is 2.90. The Kier molecular flexibility index (Phi) is 5.07. The molecule has 0 bridgehead atoms. The highest BCUT2D eigenvalue weighted by Crippen LogP contribution is 2.16. The van der Waals surface area contributed by atoms with Crippen LogP contribution in [0, 0.1) is 11.6 Å². The summed E-state index contributed by atoms with van der Waals surface area (Å²) in [5.74, 6) is -0.995. The van der Waals surface area contributed by atoms with Crippen molar-refractivity contribution in [3.63, 3.8) is 0 Å². The van der Waals surface area contributed by atoms with Crippen molar-refractivity contribution in [2.45, 2.75) is 38.8 Å². The summed E-state index contributed by atoms with van der Waals surface area (Å²) in [6.07, 6.45) is 2.85. The molecule has 1 aromatic carbocycles. The van der Waals surface area contributed by atoms with Crippen molar-refractivity contribution in [3.05, 3.63) is 53.4 Å². The predicted molar refractivity (Wildman–Crippen MR) is 79.2 cm³/mol. The minimum Gasteiger partial charge on any atom is -0.316 e. The Morgan fingerprint density at radius 1 is 1.14 bits per heavy atom. The van der Waals surface area contributed by atoms with Crippen LogP contribution in [0.15, 0.2) is 30.5 Å². The largest absolute Gasteiger partial charge is 0.316 e. The van der Waals surface area contributed by atoms with Gasteiger partial charge in [0.05, 0.1) is 5.69 Å². The molecule has 3 nitrogen and oxygen atoms in total. The maximum Gasteiger partial charge on any atom is 0.129 e. The minimum atomic E-state index is -0.497. The smallest absolute Gasteiger partial charge is 0.129 e. The van der Waals surface area contributed by atoms with Crippen LogP contribution in [0.3, 0.4) is 0 Å². The zero-order valence-corrected chi connectivity index (χ0v) is 12.6. The van der Waals surface area contributed by atoms with Crippen LogP contribution >= 0.6 is 0 Å². The predicted octanol–water partition coefficient (Wildman–Crippen LogP) is 3.12. The van der Waals surface area contributed by atoms with E-state index in [1.165, 1.54) is 18.2 Å². The summed E-state index contributed by atoms with van der Waals surface area (Å²) in [5.41, 5.74) is 1.04. The van der Waals surface area contributed by atoms with Crippen LogP contribution in [0.5, 0.6) is 0 Å². The van der Waals surface area contributed by atoms with Crippen molar-refractivity contribution in [2.24, 2.45) is 0 Å². The molecule has 1 N–H and O–H groups in total. The molecule has 114 valence electrons. The summed E-state index contributed by atoms with van der Waals surface area (Å²) in [4.78, 5) is 0. The summed E-state index contributed by atoms with van der Waals surface area (Å²) in [7, 11) is 1.79. The molecule has 0 amide bonds. The normalized spacial score (nSPS) is 12.9. The fraction of sp³-hybridized carbons (Fsp3) is 0.438. The molecule has 2 aromatic rings. The summed E-state index contributed by atoms with van der Waals surface area (Å²) in [6, 6.07) is 6.15. The van der Waals surface area contributed by atoms with Crippen molar-refractivity contribution in [3.8, 4) is 0 Å². The van der Waals surface area contributed by atoms with Gasteiger partial charge in [-0.05, 0) is 45.5 Å². The Labute approximate surface area is 124 Å². The second kappa shape index (κ2) is 6.80. The third-order valence-corrected chi connectivity index (χ3v) is 3.57. The van der Waals surface area contributed by atoms with E-state index < -0.39 is 11.6 Å². The molecule has 0 fully saturated rings. The van der Waals surface area contributed by atoms with E-state index in [4.69, 9.17) is 0 Å². The van der Waals surface area contributed by atoms with Gasteiger partial charge < -0.3 is 5.32 Å². The molecule has 0 saturated carbocycles. The number of aromatic nitrogens is 2. The highest BCUT2D eigenvalue weighted by Gasteiger charge is 2.16. The molecule has 0 radical (unpaired) electrons. The Hall–Kier alpha value is -1.75. The maximum absolute atomic E-state index is 13.7. The summed E-state index contributed by atoms with van der Waals surface area (Å²) in [5, 5.41) is 7.58. The Morgan fingerprint density at radius 2 is 1.81 bits per heavy atom. The molecule has 2 rings (SSSR count). The molecular weight excluding hydrogens is 272 g/mol. The second-order valence-electron chi connectivity index (χ2n) is 5.47. The molecule has 1 atom stereocenters. The molecule has 0 saturated heterocycles. The van der Waals surface area contributed by atoms with Gasteiger partial charge in [0.15, 0.2) is 0 Å². The van der Waals surface area contributed by atoms with Gasteiger partial charge in [0.1, 0.15) is 11.6 Å². The molecule has 0 aliphatic heterocycles. The van der Waals surface area contributed by atoms with Gasteiger partial charge in [-0.25, -0.2) is 8.78 Å². The van der Waals surface area contributed by atoms with Gasteiger partial charge in [-0.15, -0.1) is 0 Å².